The van der Waals surface area contributed by atoms with Crippen LogP contribution >= 0.6 is 0 Å². The fourth-order valence-electron chi connectivity index (χ4n) is 1.65. The average Bonchev–Trinajstić information content (AvgIpc) is 2.29. The summed E-state index contributed by atoms with van der Waals surface area (Å²) in [5, 5.41) is 12.4. The van der Waals surface area contributed by atoms with Crippen LogP contribution in [0.1, 0.15) is 38.9 Å². The number of halogens is 1. The highest BCUT2D eigenvalue weighted by Crippen LogP contribution is 2.26. The third-order valence-electron chi connectivity index (χ3n) is 2.45. The Morgan fingerprint density at radius 2 is 2.15 bits per heavy atom. The van der Waals surface area contributed by atoms with E-state index in [9.17, 15) is 14.3 Å². The molecular weight excluding hydrogens is 263 g/mol. The fraction of sp³-hybridized carbons (Fsp3) is 0.500. The van der Waals surface area contributed by atoms with Gasteiger partial charge in [0.15, 0.2) is 0 Å². The third kappa shape index (κ3) is 5.14. The molecule has 0 aliphatic heterocycles. The van der Waals surface area contributed by atoms with Crippen molar-refractivity contribution in [2.24, 2.45) is 5.73 Å². The van der Waals surface area contributed by atoms with Crippen LogP contribution in [0.4, 0.5) is 14.9 Å². The van der Waals surface area contributed by atoms with Gasteiger partial charge in [-0.2, -0.15) is 0 Å². The van der Waals surface area contributed by atoms with E-state index in [1.807, 2.05) is 0 Å². The van der Waals surface area contributed by atoms with Gasteiger partial charge in [0.25, 0.3) is 0 Å². The lowest BCUT2D eigenvalue weighted by Gasteiger charge is -2.21. The minimum absolute atomic E-state index is 0.254. The van der Waals surface area contributed by atoms with Gasteiger partial charge in [0, 0.05) is 5.56 Å². The molecule has 0 spiro atoms. The molecule has 0 bridgehead atoms. The Labute approximate surface area is 117 Å². The van der Waals surface area contributed by atoms with E-state index in [1.165, 1.54) is 18.2 Å². The number of nitrogens with two attached hydrogens (primary N) is 1. The van der Waals surface area contributed by atoms with Gasteiger partial charge >= 0.3 is 6.09 Å². The summed E-state index contributed by atoms with van der Waals surface area (Å²) >= 11 is 0. The van der Waals surface area contributed by atoms with Gasteiger partial charge in [-0.25, -0.2) is 9.18 Å². The molecule has 1 aromatic rings. The van der Waals surface area contributed by atoms with Crippen LogP contribution < -0.4 is 11.1 Å². The van der Waals surface area contributed by atoms with Gasteiger partial charge in [-0.15, -0.1) is 0 Å². The second kappa shape index (κ2) is 6.67. The lowest BCUT2D eigenvalue weighted by molar-refractivity contribution is 0.0635. The number of benzene rings is 1. The van der Waals surface area contributed by atoms with Crippen LogP contribution in [0.15, 0.2) is 18.2 Å². The molecule has 1 amide bonds. The van der Waals surface area contributed by atoms with Gasteiger partial charge in [-0.3, -0.25) is 5.32 Å². The van der Waals surface area contributed by atoms with Crippen LogP contribution in [0, 0.1) is 5.82 Å². The minimum atomic E-state index is -0.944. The zero-order valence-corrected chi connectivity index (χ0v) is 11.9. The van der Waals surface area contributed by atoms with Gasteiger partial charge in [0.1, 0.15) is 11.4 Å². The normalized spacial score (nSPS) is 12.9. The Balaban J connectivity index is 2.91. The zero-order valence-electron chi connectivity index (χ0n) is 11.9. The second-order valence-corrected chi connectivity index (χ2v) is 5.45. The SMILES string of the molecule is CC(C)(C)OC(=O)Nc1ccc(F)cc1[C@H](O)CCN. The first-order valence-corrected chi connectivity index (χ1v) is 6.40. The van der Waals surface area contributed by atoms with Crippen molar-refractivity contribution < 1.29 is 19.0 Å². The fourth-order valence-corrected chi connectivity index (χ4v) is 1.65. The standard InChI is InChI=1S/C14H21FN2O3/c1-14(2,3)20-13(19)17-11-5-4-9(15)8-10(11)12(18)6-7-16/h4-5,8,12,18H,6-7,16H2,1-3H3,(H,17,19)/t12-/m1/s1. The van der Waals surface area contributed by atoms with E-state index >= 15 is 0 Å². The van der Waals surface area contributed by atoms with Crippen molar-refractivity contribution in [2.45, 2.75) is 38.9 Å². The van der Waals surface area contributed by atoms with Crippen LogP contribution in [0.2, 0.25) is 0 Å². The number of aliphatic hydroxyl groups excluding tert-OH is 1. The van der Waals surface area contributed by atoms with E-state index in [0.29, 0.717) is 5.69 Å². The van der Waals surface area contributed by atoms with E-state index in [1.54, 1.807) is 20.8 Å². The number of ether oxygens (including phenoxy) is 1. The number of amides is 1. The first-order chi connectivity index (χ1) is 9.23. The Morgan fingerprint density at radius 1 is 1.50 bits per heavy atom. The number of carbonyl (C=O) groups is 1. The Kier molecular flexibility index (Phi) is 5.47. The van der Waals surface area contributed by atoms with E-state index in [2.05, 4.69) is 5.32 Å². The Bertz CT molecular complexity index is 472. The number of aliphatic hydroxyl groups is 1. The highest BCUT2D eigenvalue weighted by molar-refractivity contribution is 5.86. The second-order valence-electron chi connectivity index (χ2n) is 5.45. The molecule has 1 rings (SSSR count). The largest absolute Gasteiger partial charge is 0.444 e. The van der Waals surface area contributed by atoms with Gasteiger partial charge in [0.05, 0.1) is 11.8 Å². The van der Waals surface area contributed by atoms with Gasteiger partial charge < -0.3 is 15.6 Å². The molecule has 0 saturated carbocycles. The molecule has 20 heavy (non-hydrogen) atoms. The maximum absolute atomic E-state index is 13.3. The molecule has 0 heterocycles. The first kappa shape index (κ1) is 16.4. The summed E-state index contributed by atoms with van der Waals surface area (Å²) in [4.78, 5) is 11.7. The van der Waals surface area contributed by atoms with Crippen LogP contribution in [-0.4, -0.2) is 23.3 Å². The van der Waals surface area contributed by atoms with Crippen molar-refractivity contribution in [3.05, 3.63) is 29.6 Å². The Morgan fingerprint density at radius 3 is 2.70 bits per heavy atom. The molecule has 4 N–H and O–H groups in total. The molecule has 1 aromatic carbocycles. The van der Waals surface area contributed by atoms with Crippen LogP contribution in [-0.2, 0) is 4.74 Å². The number of hydrogen-bond donors (Lipinski definition) is 3. The first-order valence-electron chi connectivity index (χ1n) is 6.40. The molecular formula is C14H21FN2O3. The van der Waals surface area contributed by atoms with Crippen LogP contribution in [0.3, 0.4) is 0 Å². The summed E-state index contributed by atoms with van der Waals surface area (Å²) in [5.74, 6) is -0.495. The third-order valence-corrected chi connectivity index (χ3v) is 2.45. The number of carbonyl (C=O) groups excluding carboxylic acids is 1. The molecule has 5 nitrogen and oxygen atoms in total. The quantitative estimate of drug-likeness (QED) is 0.793. The molecule has 0 fully saturated rings. The minimum Gasteiger partial charge on any atom is -0.444 e. The van der Waals surface area contributed by atoms with Crippen molar-refractivity contribution in [3.63, 3.8) is 0 Å². The molecule has 0 unspecified atom stereocenters. The lowest BCUT2D eigenvalue weighted by atomic mass is 10.0. The van der Waals surface area contributed by atoms with Gasteiger partial charge in [-0.05, 0) is 51.9 Å². The summed E-state index contributed by atoms with van der Waals surface area (Å²) in [7, 11) is 0. The summed E-state index contributed by atoms with van der Waals surface area (Å²) in [6.07, 6.45) is -1.34. The summed E-state index contributed by atoms with van der Waals surface area (Å²) < 4.78 is 18.4. The number of rotatable bonds is 4. The van der Waals surface area contributed by atoms with E-state index in [-0.39, 0.29) is 18.5 Å². The van der Waals surface area contributed by atoms with Crippen molar-refractivity contribution in [2.75, 3.05) is 11.9 Å². The molecule has 0 radical (unpaired) electrons. The average molecular weight is 284 g/mol. The predicted octanol–water partition coefficient (Wildman–Crippen LogP) is 2.55. The molecule has 112 valence electrons. The van der Waals surface area contributed by atoms with Gasteiger partial charge in [0.2, 0.25) is 0 Å². The summed E-state index contributed by atoms with van der Waals surface area (Å²) in [6, 6.07) is 3.76. The zero-order chi connectivity index (χ0) is 15.3. The molecule has 0 aromatic heterocycles. The van der Waals surface area contributed by atoms with Crippen LogP contribution in [0.5, 0.6) is 0 Å². The van der Waals surface area contributed by atoms with E-state index in [4.69, 9.17) is 10.5 Å². The van der Waals surface area contributed by atoms with Crippen molar-refractivity contribution in [1.82, 2.24) is 0 Å². The van der Waals surface area contributed by atoms with E-state index < -0.39 is 23.6 Å². The molecule has 1 atom stereocenters. The predicted molar refractivity (Wildman–Crippen MR) is 74.9 cm³/mol. The molecule has 0 aliphatic rings. The number of nitrogens with one attached hydrogen (secondary N) is 1. The number of hydrogen-bond acceptors (Lipinski definition) is 4. The maximum Gasteiger partial charge on any atom is 0.412 e. The lowest BCUT2D eigenvalue weighted by Crippen LogP contribution is -2.27. The monoisotopic (exact) mass is 284 g/mol. The molecule has 6 heteroatoms. The van der Waals surface area contributed by atoms with Crippen molar-refractivity contribution in [3.8, 4) is 0 Å². The highest BCUT2D eigenvalue weighted by atomic mass is 19.1. The molecule has 0 saturated heterocycles. The summed E-state index contributed by atoms with van der Waals surface area (Å²) in [5.41, 5.74) is 5.32. The number of anilines is 1. The highest BCUT2D eigenvalue weighted by Gasteiger charge is 2.19. The van der Waals surface area contributed by atoms with E-state index in [0.717, 1.165) is 0 Å². The van der Waals surface area contributed by atoms with Crippen LogP contribution in [0.25, 0.3) is 0 Å². The topological polar surface area (TPSA) is 84.6 Å². The maximum atomic E-state index is 13.3. The van der Waals surface area contributed by atoms with Gasteiger partial charge in [-0.1, -0.05) is 0 Å². The van der Waals surface area contributed by atoms with Crippen molar-refractivity contribution >= 4 is 11.8 Å². The van der Waals surface area contributed by atoms with Crippen molar-refractivity contribution in [1.29, 1.82) is 0 Å². The Hall–Kier alpha value is -1.66. The molecule has 0 aliphatic carbocycles. The smallest absolute Gasteiger partial charge is 0.412 e. The summed E-state index contributed by atoms with van der Waals surface area (Å²) in [6.45, 7) is 5.47.